The number of alkyl halides is 3. The number of amides is 6. The molecule has 3 aromatic rings. The second kappa shape index (κ2) is 24.1. The predicted molar refractivity (Wildman–Crippen MR) is 288 cm³/mol. The number of rotatable bonds is 9. The number of piperidine rings is 1. The quantitative estimate of drug-likeness (QED) is 0.0680. The Labute approximate surface area is 457 Å². The number of esters is 1. The summed E-state index contributed by atoms with van der Waals surface area (Å²) < 4.78 is 76.4. The topological polar surface area (TPSA) is 222 Å². The second-order valence-electron chi connectivity index (χ2n) is 22.6. The Morgan fingerprint density at radius 1 is 1.10 bits per heavy atom. The van der Waals surface area contributed by atoms with E-state index in [9.17, 15) is 41.5 Å². The number of aromatic nitrogens is 2. The van der Waals surface area contributed by atoms with Crippen LogP contribution in [0.2, 0.25) is 0 Å². The summed E-state index contributed by atoms with van der Waals surface area (Å²) in [5.41, 5.74) is 10.6. The zero-order valence-electron chi connectivity index (χ0n) is 46.3. The van der Waals surface area contributed by atoms with Crippen LogP contribution in [0.1, 0.15) is 103 Å². The average molecular weight is 1110 g/mol. The van der Waals surface area contributed by atoms with Crippen molar-refractivity contribution in [2.24, 2.45) is 27.1 Å². The summed E-state index contributed by atoms with van der Waals surface area (Å²) in [6.07, 6.45) is 0.607. The number of aliphatic imine (C=N–C) groups is 2. The van der Waals surface area contributed by atoms with Gasteiger partial charge in [0.25, 0.3) is 12.0 Å². The van der Waals surface area contributed by atoms with Crippen LogP contribution in [-0.2, 0) is 41.6 Å². The molecule has 430 valence electrons. The molecule has 1 spiro atoms. The van der Waals surface area contributed by atoms with Crippen LogP contribution in [-0.4, -0.2) is 179 Å². The standard InChI is InChI=1S/C55H74F4N12O8/c1-33(2)46(66(7)52(76)68-22-17-54(18-23-68)35(4)70(32-79-54)51(75)63-31-62-50(56)60)48(73)64-42-28-67-20-10-12-37(27-67)36-15-16-43-40(24-36)41(26-53(5,6)30-78-44(72)25-38-13-11-21-71(65-38)49(42)74)47(69(43)29-55(57,58)59)39-14-9-19-61-45(39)34(3)77-8/h9,12,14-16,19,24,31,33-35,38,42,46,65H,10-11,13,17-18,20-23,25-30,32H2,1-8H3,(H,64,73)(H2,60,62,63,75)/t34-,35-,38-,42-,46-/m0/s1. The highest BCUT2D eigenvalue weighted by Gasteiger charge is 2.51. The largest absolute Gasteiger partial charge is 0.465 e. The maximum atomic E-state index is 14.9. The number of amidine groups is 1. The highest BCUT2D eigenvalue weighted by molar-refractivity contribution is 5.95. The zero-order chi connectivity index (χ0) is 57.1. The van der Waals surface area contributed by atoms with E-state index in [0.717, 1.165) is 17.5 Å². The van der Waals surface area contributed by atoms with Gasteiger partial charge in [0, 0.05) is 87.5 Å². The summed E-state index contributed by atoms with van der Waals surface area (Å²) in [6, 6.07) is 4.77. The number of carbonyl (C=O) groups excluding carboxylic acids is 5. The highest BCUT2D eigenvalue weighted by atomic mass is 19.4. The molecule has 6 atom stereocenters. The zero-order valence-corrected chi connectivity index (χ0v) is 46.3. The molecular formula is C55H74F4N12O8. The fraction of sp³-hybridized carbons (Fsp3) is 0.600. The van der Waals surface area contributed by atoms with Gasteiger partial charge in [-0.2, -0.15) is 27.5 Å². The van der Waals surface area contributed by atoms with Crippen molar-refractivity contribution in [1.82, 2.24) is 44.9 Å². The molecule has 0 saturated carbocycles. The Balaban J connectivity index is 1.08. The monoisotopic (exact) mass is 1110 g/mol. The number of urea groups is 2. The summed E-state index contributed by atoms with van der Waals surface area (Å²) in [5, 5.41) is 5.12. The molecule has 1 unspecified atom stereocenters. The summed E-state index contributed by atoms with van der Waals surface area (Å²) in [5.74, 6) is -1.89. The molecule has 79 heavy (non-hydrogen) atoms. The molecule has 6 amide bonds. The van der Waals surface area contributed by atoms with Crippen LogP contribution in [0.4, 0.5) is 27.2 Å². The van der Waals surface area contributed by atoms with Gasteiger partial charge in [0.1, 0.15) is 31.7 Å². The molecule has 24 heteroatoms. The van der Waals surface area contributed by atoms with E-state index in [0.29, 0.717) is 85.2 Å². The average Bonchev–Trinajstić information content (AvgIpc) is 4.11. The lowest BCUT2D eigenvalue weighted by Gasteiger charge is -2.43. The molecule has 1 aromatic carbocycles. The highest BCUT2D eigenvalue weighted by Crippen LogP contribution is 2.43. The third kappa shape index (κ3) is 13.2. The molecule has 0 aliphatic carbocycles. The van der Waals surface area contributed by atoms with Crippen LogP contribution in [0.25, 0.3) is 27.7 Å². The Bertz CT molecular complexity index is 2860. The van der Waals surface area contributed by atoms with Gasteiger partial charge in [0.2, 0.25) is 5.91 Å². The normalized spacial score (nSPS) is 24.0. The van der Waals surface area contributed by atoms with Crippen molar-refractivity contribution in [3.63, 3.8) is 0 Å². The maximum Gasteiger partial charge on any atom is 0.406 e. The SMILES string of the molecule is CO[C@@H](C)c1ncccc1-c1c2c3cc(ccc3n1CC(F)(F)F)C1=CCCN(C1)C[C@H](NC(=O)[C@H](C(C)C)N(C)C(=O)N1CCC3(CC1)OCN(C(=O)/N=C/N=C(N)F)[C@H]3C)C(=O)N1CCC[C@@H](CC(=O)OCC(C)(C)C2)N1. The molecule has 3 fully saturated rings. The maximum absolute atomic E-state index is 14.9. The summed E-state index contributed by atoms with van der Waals surface area (Å²) in [7, 11) is 3.08. The summed E-state index contributed by atoms with van der Waals surface area (Å²) >= 11 is 0. The molecule has 20 nitrogen and oxygen atoms in total. The Morgan fingerprint density at radius 2 is 1.85 bits per heavy atom. The number of likely N-dealkylation sites (tertiary alicyclic amines) is 1. The Hall–Kier alpha value is -6.50. The number of halogens is 4. The predicted octanol–water partition coefficient (Wildman–Crippen LogP) is 6.58. The molecule has 4 N–H and O–H groups in total. The number of likely N-dealkylation sites (N-methyl/N-ethyl adjacent to an activating group) is 1. The van der Waals surface area contributed by atoms with Crippen LogP contribution >= 0.6 is 0 Å². The molecule has 2 aromatic heterocycles. The molecule has 3 saturated heterocycles. The van der Waals surface area contributed by atoms with Gasteiger partial charge in [-0.3, -0.25) is 34.2 Å². The Kier molecular flexibility index (Phi) is 17.9. The molecule has 7 heterocycles. The number of pyridine rings is 1. The van der Waals surface area contributed by atoms with Gasteiger partial charge in [-0.15, -0.1) is 0 Å². The van der Waals surface area contributed by atoms with Crippen molar-refractivity contribution in [2.75, 3.05) is 66.8 Å². The number of nitrogens with one attached hydrogen (secondary N) is 2. The van der Waals surface area contributed by atoms with Crippen molar-refractivity contribution >= 4 is 58.7 Å². The van der Waals surface area contributed by atoms with Gasteiger partial charge in [-0.05, 0) is 99.3 Å². The fourth-order valence-electron chi connectivity index (χ4n) is 11.8. The van der Waals surface area contributed by atoms with E-state index in [4.69, 9.17) is 19.9 Å². The van der Waals surface area contributed by atoms with E-state index in [2.05, 4.69) is 36.7 Å². The molecule has 6 bridgehead atoms. The lowest BCUT2D eigenvalue weighted by molar-refractivity contribution is -0.150. The molecule has 5 aliphatic heterocycles. The first-order chi connectivity index (χ1) is 37.4. The minimum Gasteiger partial charge on any atom is -0.465 e. The van der Waals surface area contributed by atoms with Gasteiger partial charge in [-0.25, -0.2) is 15.0 Å². The van der Waals surface area contributed by atoms with Crippen LogP contribution in [0.3, 0.4) is 0 Å². The molecule has 0 radical (unpaired) electrons. The number of carbonyl (C=O) groups is 5. The number of hydrogen-bond acceptors (Lipinski definition) is 11. The number of nitrogens with zero attached hydrogens (tertiary/aromatic N) is 9. The number of hydrogen-bond donors (Lipinski definition) is 3. The van der Waals surface area contributed by atoms with Crippen molar-refractivity contribution in [1.29, 1.82) is 0 Å². The van der Waals surface area contributed by atoms with Crippen LogP contribution in [0, 0.1) is 11.3 Å². The van der Waals surface area contributed by atoms with E-state index in [1.807, 2.05) is 46.8 Å². The third-order valence-corrected chi connectivity index (χ3v) is 16.0. The molecular weight excluding hydrogens is 1030 g/mol. The van der Waals surface area contributed by atoms with Crippen LogP contribution < -0.4 is 16.5 Å². The summed E-state index contributed by atoms with van der Waals surface area (Å²) in [6.45, 7) is 11.4. The van der Waals surface area contributed by atoms with Crippen molar-refractivity contribution in [3.8, 4) is 11.3 Å². The van der Waals surface area contributed by atoms with Crippen LogP contribution in [0.5, 0.6) is 0 Å². The minimum absolute atomic E-state index is 0.0521. The second-order valence-corrected chi connectivity index (χ2v) is 22.6. The smallest absolute Gasteiger partial charge is 0.406 e. The van der Waals surface area contributed by atoms with Crippen molar-refractivity contribution in [2.45, 2.75) is 135 Å². The van der Waals surface area contributed by atoms with E-state index < -0.39 is 95.9 Å². The molecule has 5 aliphatic rings. The van der Waals surface area contributed by atoms with Crippen molar-refractivity contribution in [3.05, 3.63) is 59.4 Å². The lowest BCUT2D eigenvalue weighted by atomic mass is 9.84. The van der Waals surface area contributed by atoms with Gasteiger partial charge < -0.3 is 39.6 Å². The first-order valence-corrected chi connectivity index (χ1v) is 27.0. The summed E-state index contributed by atoms with van der Waals surface area (Å²) in [4.78, 5) is 88.5. The Morgan fingerprint density at radius 3 is 2.54 bits per heavy atom. The number of nitrogens with two attached hydrogens (primary N) is 1. The number of ether oxygens (including phenoxy) is 3. The van der Waals surface area contributed by atoms with E-state index >= 15 is 0 Å². The minimum atomic E-state index is -4.60. The van der Waals surface area contributed by atoms with E-state index in [1.54, 1.807) is 43.3 Å². The van der Waals surface area contributed by atoms with Crippen LogP contribution in [0.15, 0.2) is 52.6 Å². The third-order valence-electron chi connectivity index (χ3n) is 16.0. The van der Waals surface area contributed by atoms with Gasteiger partial charge in [0.15, 0.2) is 0 Å². The van der Waals surface area contributed by atoms with Crippen molar-refractivity contribution < 1.29 is 55.7 Å². The lowest BCUT2D eigenvalue weighted by Crippen LogP contribution is -2.63. The van der Waals surface area contributed by atoms with Gasteiger partial charge in [-0.1, -0.05) is 39.8 Å². The van der Waals surface area contributed by atoms with E-state index in [-0.39, 0.29) is 45.8 Å². The van der Waals surface area contributed by atoms with E-state index in [1.165, 1.54) is 26.5 Å². The number of benzene rings is 1. The van der Waals surface area contributed by atoms with Gasteiger partial charge >= 0.3 is 24.2 Å². The first-order valence-electron chi connectivity index (χ1n) is 27.0. The number of hydrazine groups is 1. The number of fused-ring (bicyclic) bond motifs is 6. The molecule has 8 rings (SSSR count). The fourth-order valence-corrected chi connectivity index (χ4v) is 11.8. The number of methoxy groups -OCH3 is 1. The number of cyclic esters (lactones) is 1. The first kappa shape index (κ1) is 58.6. The van der Waals surface area contributed by atoms with Gasteiger partial charge in [0.05, 0.1) is 42.2 Å².